The van der Waals surface area contributed by atoms with Crippen LogP contribution in [0.5, 0.6) is 11.5 Å². The van der Waals surface area contributed by atoms with Crippen molar-refractivity contribution in [1.29, 1.82) is 0 Å². The fourth-order valence-corrected chi connectivity index (χ4v) is 2.93. The van der Waals surface area contributed by atoms with Crippen molar-refractivity contribution < 1.29 is 19.4 Å². The molecule has 0 radical (unpaired) electrons. The Morgan fingerprint density at radius 1 is 1.21 bits per heavy atom. The quantitative estimate of drug-likeness (QED) is 0.684. The zero-order valence-corrected chi connectivity index (χ0v) is 14.6. The second-order valence-corrected chi connectivity index (χ2v) is 6.10. The summed E-state index contributed by atoms with van der Waals surface area (Å²) in [6.07, 6.45) is -0.0688. The molecule has 2 rings (SSSR count). The molecule has 0 saturated heterocycles. The largest absolute Gasteiger partial charge is 0.493 e. The van der Waals surface area contributed by atoms with Gasteiger partial charge in [-0.2, -0.15) is 0 Å². The Bertz CT molecular complexity index is 646. The Morgan fingerprint density at radius 3 is 2.67 bits per heavy atom. The van der Waals surface area contributed by atoms with E-state index in [2.05, 4.69) is 10.6 Å². The van der Waals surface area contributed by atoms with Crippen LogP contribution in [0.1, 0.15) is 23.0 Å². The molecule has 0 bridgehead atoms. The number of thiophene rings is 1. The van der Waals surface area contributed by atoms with Crippen LogP contribution in [0.3, 0.4) is 0 Å². The first-order valence-corrected chi connectivity index (χ1v) is 8.46. The average Bonchev–Trinajstić information content (AvgIpc) is 3.14. The highest BCUT2D eigenvalue weighted by Gasteiger charge is 2.09. The lowest BCUT2D eigenvalue weighted by Gasteiger charge is -2.12. The van der Waals surface area contributed by atoms with Crippen LogP contribution >= 0.6 is 11.3 Å². The molecule has 1 heterocycles. The molecule has 7 heteroatoms. The second kappa shape index (κ2) is 9.14. The second-order valence-electron chi connectivity index (χ2n) is 5.12. The van der Waals surface area contributed by atoms with Crippen molar-refractivity contribution in [1.82, 2.24) is 10.6 Å². The summed E-state index contributed by atoms with van der Waals surface area (Å²) in [6, 6.07) is 8.98. The van der Waals surface area contributed by atoms with Crippen molar-refractivity contribution in [3.05, 3.63) is 46.2 Å². The summed E-state index contributed by atoms with van der Waals surface area (Å²) >= 11 is 1.50. The summed E-state index contributed by atoms with van der Waals surface area (Å²) in [5.41, 5.74) is 0.904. The van der Waals surface area contributed by atoms with Crippen LogP contribution in [-0.2, 0) is 6.54 Å². The van der Waals surface area contributed by atoms with E-state index in [9.17, 15) is 9.90 Å². The first-order valence-electron chi connectivity index (χ1n) is 7.58. The first kappa shape index (κ1) is 18.1. The molecule has 0 saturated carbocycles. The summed E-state index contributed by atoms with van der Waals surface area (Å²) in [6.45, 7) is 0.774. The number of hydrogen-bond acceptors (Lipinski definition) is 5. The van der Waals surface area contributed by atoms with Crippen LogP contribution in [0, 0.1) is 0 Å². The van der Waals surface area contributed by atoms with Gasteiger partial charge in [0.1, 0.15) is 0 Å². The van der Waals surface area contributed by atoms with Crippen LogP contribution in [0.2, 0.25) is 0 Å². The minimum Gasteiger partial charge on any atom is -0.493 e. The van der Waals surface area contributed by atoms with Gasteiger partial charge < -0.3 is 25.2 Å². The van der Waals surface area contributed by atoms with Gasteiger partial charge in [0.2, 0.25) is 0 Å². The number of carbonyl (C=O) groups is 1. The van der Waals surface area contributed by atoms with Gasteiger partial charge in [0.25, 0.3) is 0 Å². The zero-order chi connectivity index (χ0) is 17.4. The summed E-state index contributed by atoms with van der Waals surface area (Å²) < 4.78 is 10.4. The molecule has 0 aliphatic heterocycles. The molecule has 1 aromatic carbocycles. The Morgan fingerprint density at radius 2 is 2.00 bits per heavy atom. The first-order chi connectivity index (χ1) is 11.6. The molecule has 130 valence electrons. The van der Waals surface area contributed by atoms with E-state index in [4.69, 9.17) is 9.47 Å². The van der Waals surface area contributed by atoms with Crippen LogP contribution in [-0.4, -0.2) is 31.9 Å². The summed E-state index contributed by atoms with van der Waals surface area (Å²) in [7, 11) is 3.15. The van der Waals surface area contributed by atoms with E-state index < -0.39 is 6.10 Å². The van der Waals surface area contributed by atoms with Gasteiger partial charge in [-0.1, -0.05) is 12.1 Å². The van der Waals surface area contributed by atoms with Crippen LogP contribution in [0.15, 0.2) is 35.7 Å². The average molecular weight is 350 g/mol. The summed E-state index contributed by atoms with van der Waals surface area (Å²) in [5, 5.41) is 17.4. The molecule has 1 aromatic heterocycles. The third-order valence-electron chi connectivity index (χ3n) is 3.48. The highest BCUT2D eigenvalue weighted by Crippen LogP contribution is 2.27. The Labute approximate surface area is 145 Å². The number of methoxy groups -OCH3 is 2. The van der Waals surface area contributed by atoms with Crippen molar-refractivity contribution in [3.63, 3.8) is 0 Å². The summed E-state index contributed by atoms with van der Waals surface area (Å²) in [5.74, 6) is 1.27. The van der Waals surface area contributed by atoms with Gasteiger partial charge in [0.15, 0.2) is 11.5 Å². The number of aliphatic hydroxyl groups is 1. The molecule has 2 aromatic rings. The van der Waals surface area contributed by atoms with E-state index in [1.54, 1.807) is 20.3 Å². The number of hydrogen-bond donors (Lipinski definition) is 3. The molecular weight excluding hydrogens is 328 g/mol. The highest BCUT2D eigenvalue weighted by atomic mass is 32.1. The molecule has 0 aliphatic carbocycles. The van der Waals surface area contributed by atoms with E-state index in [1.165, 1.54) is 11.3 Å². The van der Waals surface area contributed by atoms with Crippen LogP contribution < -0.4 is 20.1 Å². The predicted octanol–water partition coefficient (Wildman–Crippen LogP) is 2.69. The number of aliphatic hydroxyl groups excluding tert-OH is 1. The van der Waals surface area contributed by atoms with Gasteiger partial charge in [-0.05, 0) is 35.6 Å². The maximum Gasteiger partial charge on any atom is 0.315 e. The maximum atomic E-state index is 11.8. The van der Waals surface area contributed by atoms with E-state index in [0.29, 0.717) is 31.0 Å². The minimum atomic E-state index is -0.545. The molecular formula is C17H22N2O4S. The maximum absolute atomic E-state index is 11.8. The Hall–Kier alpha value is -2.25. The van der Waals surface area contributed by atoms with Crippen molar-refractivity contribution >= 4 is 17.4 Å². The molecule has 6 nitrogen and oxygen atoms in total. The number of nitrogens with one attached hydrogen (secondary N) is 2. The SMILES string of the molecule is COc1ccc(CNC(=O)NCC[C@@H](O)c2cccs2)cc1OC. The fourth-order valence-electron chi connectivity index (χ4n) is 2.18. The van der Waals surface area contributed by atoms with E-state index >= 15 is 0 Å². The number of rotatable bonds is 8. The Kier molecular flexibility index (Phi) is 6.89. The van der Waals surface area contributed by atoms with Crippen LogP contribution in [0.25, 0.3) is 0 Å². The molecule has 0 spiro atoms. The van der Waals surface area contributed by atoms with Gasteiger partial charge >= 0.3 is 6.03 Å². The van der Waals surface area contributed by atoms with E-state index in [0.717, 1.165) is 10.4 Å². The Balaban J connectivity index is 1.73. The highest BCUT2D eigenvalue weighted by molar-refractivity contribution is 7.10. The molecule has 1 atom stereocenters. The fraction of sp³-hybridized carbons (Fsp3) is 0.353. The van der Waals surface area contributed by atoms with Crippen molar-refractivity contribution in [2.45, 2.75) is 19.1 Å². The lowest BCUT2D eigenvalue weighted by molar-refractivity contribution is 0.170. The van der Waals surface area contributed by atoms with Gasteiger partial charge in [0.05, 0.1) is 20.3 Å². The molecule has 2 amide bonds. The standard InChI is InChI=1S/C17H22N2O4S/c1-22-14-6-5-12(10-15(14)23-2)11-19-17(21)18-8-7-13(20)16-4-3-9-24-16/h3-6,9-10,13,20H,7-8,11H2,1-2H3,(H2,18,19,21)/t13-/m1/s1. The van der Waals surface area contributed by atoms with Gasteiger partial charge in [-0.15, -0.1) is 11.3 Å². The number of amides is 2. The molecule has 0 unspecified atom stereocenters. The normalized spacial score (nSPS) is 11.6. The van der Waals surface area contributed by atoms with Crippen molar-refractivity contribution in [2.24, 2.45) is 0 Å². The zero-order valence-electron chi connectivity index (χ0n) is 13.7. The topological polar surface area (TPSA) is 79.8 Å². The summed E-state index contributed by atoms with van der Waals surface area (Å²) in [4.78, 5) is 12.7. The van der Waals surface area contributed by atoms with E-state index in [-0.39, 0.29) is 6.03 Å². The number of benzene rings is 1. The molecule has 24 heavy (non-hydrogen) atoms. The number of carbonyl (C=O) groups excluding carboxylic acids is 1. The van der Waals surface area contributed by atoms with Crippen LogP contribution in [0.4, 0.5) is 4.79 Å². The third kappa shape index (κ3) is 5.14. The molecule has 0 fully saturated rings. The minimum absolute atomic E-state index is 0.275. The van der Waals surface area contributed by atoms with Crippen molar-refractivity contribution in [2.75, 3.05) is 20.8 Å². The number of urea groups is 1. The van der Waals surface area contributed by atoms with E-state index in [1.807, 2.05) is 29.6 Å². The van der Waals surface area contributed by atoms with Gasteiger partial charge in [0, 0.05) is 18.0 Å². The van der Waals surface area contributed by atoms with Crippen molar-refractivity contribution in [3.8, 4) is 11.5 Å². The monoisotopic (exact) mass is 350 g/mol. The van der Waals surface area contributed by atoms with Gasteiger partial charge in [-0.3, -0.25) is 0 Å². The lowest BCUT2D eigenvalue weighted by Crippen LogP contribution is -2.36. The third-order valence-corrected chi connectivity index (χ3v) is 4.45. The number of ether oxygens (including phenoxy) is 2. The predicted molar refractivity (Wildman–Crippen MR) is 93.7 cm³/mol. The molecule has 0 aliphatic rings. The lowest BCUT2D eigenvalue weighted by atomic mass is 10.2. The smallest absolute Gasteiger partial charge is 0.315 e. The molecule has 3 N–H and O–H groups in total. The van der Waals surface area contributed by atoms with Gasteiger partial charge in [-0.25, -0.2) is 4.79 Å².